The number of hydrogen-bond donors (Lipinski definition) is 0. The van der Waals surface area contributed by atoms with E-state index in [1.54, 1.807) is 34.7 Å². The number of rotatable bonds is 4. The van der Waals surface area contributed by atoms with Gasteiger partial charge in [0.2, 0.25) is 5.91 Å². The van der Waals surface area contributed by atoms with Gasteiger partial charge in [0.25, 0.3) is 0 Å². The molecule has 1 aromatic heterocycles. The second-order valence-electron chi connectivity index (χ2n) is 7.15. The van der Waals surface area contributed by atoms with Gasteiger partial charge in [0, 0.05) is 32.1 Å². The van der Waals surface area contributed by atoms with Crippen LogP contribution in [-0.4, -0.2) is 38.2 Å². The lowest BCUT2D eigenvalue weighted by Crippen LogP contribution is -2.39. The zero-order valence-electron chi connectivity index (χ0n) is 15.5. The number of carbonyl (C=O) groups is 1. The summed E-state index contributed by atoms with van der Waals surface area (Å²) in [6.07, 6.45) is 1.59. The Bertz CT molecular complexity index is 847. The SMILES string of the molecule is CC(C)n1c(C2CCN(C(=O)Cc3ccccc3F)CC2)nn(C)c1=O. The number of benzene rings is 1. The first-order valence-electron chi connectivity index (χ1n) is 9.05. The molecule has 0 radical (unpaired) electrons. The molecule has 1 aliphatic rings. The number of aryl methyl sites for hydroxylation is 1. The van der Waals surface area contributed by atoms with Gasteiger partial charge in [-0.15, -0.1) is 0 Å². The van der Waals surface area contributed by atoms with Crippen LogP contribution in [0.5, 0.6) is 0 Å². The third-order valence-corrected chi connectivity index (χ3v) is 5.01. The maximum atomic E-state index is 13.7. The molecule has 1 aromatic carbocycles. The second-order valence-corrected chi connectivity index (χ2v) is 7.15. The Morgan fingerprint density at radius 1 is 1.27 bits per heavy atom. The smallest absolute Gasteiger partial charge is 0.342 e. The van der Waals surface area contributed by atoms with Crippen LogP contribution in [0.3, 0.4) is 0 Å². The molecular formula is C19H25FN4O2. The summed E-state index contributed by atoms with van der Waals surface area (Å²) in [6, 6.07) is 6.43. The largest absolute Gasteiger partial charge is 0.345 e. The van der Waals surface area contributed by atoms with Crippen LogP contribution in [0, 0.1) is 5.82 Å². The number of nitrogens with zero attached hydrogens (tertiary/aromatic N) is 4. The highest BCUT2D eigenvalue weighted by Crippen LogP contribution is 2.27. The normalized spacial score (nSPS) is 15.7. The van der Waals surface area contributed by atoms with Crippen molar-refractivity contribution in [3.63, 3.8) is 0 Å². The van der Waals surface area contributed by atoms with Crippen LogP contribution in [0.2, 0.25) is 0 Å². The maximum absolute atomic E-state index is 13.7. The molecule has 1 aliphatic heterocycles. The molecular weight excluding hydrogens is 335 g/mol. The first kappa shape index (κ1) is 18.4. The zero-order chi connectivity index (χ0) is 18.8. The van der Waals surface area contributed by atoms with E-state index in [-0.39, 0.29) is 35.8 Å². The summed E-state index contributed by atoms with van der Waals surface area (Å²) in [6.45, 7) is 5.14. The summed E-state index contributed by atoms with van der Waals surface area (Å²) in [5, 5.41) is 4.42. The van der Waals surface area contributed by atoms with Gasteiger partial charge in [0.1, 0.15) is 11.6 Å². The minimum Gasteiger partial charge on any atom is -0.342 e. The third kappa shape index (κ3) is 3.57. The molecule has 0 N–H and O–H groups in total. The van der Waals surface area contributed by atoms with Crippen molar-refractivity contribution < 1.29 is 9.18 Å². The number of aromatic nitrogens is 3. The monoisotopic (exact) mass is 360 g/mol. The van der Waals surface area contributed by atoms with Crippen molar-refractivity contribution in [2.24, 2.45) is 7.05 Å². The molecule has 0 saturated carbocycles. The van der Waals surface area contributed by atoms with Crippen LogP contribution in [-0.2, 0) is 18.3 Å². The molecule has 6 nitrogen and oxygen atoms in total. The summed E-state index contributed by atoms with van der Waals surface area (Å²) in [4.78, 5) is 26.5. The van der Waals surface area contributed by atoms with Crippen LogP contribution >= 0.6 is 0 Å². The molecule has 2 heterocycles. The fourth-order valence-corrected chi connectivity index (χ4v) is 3.57. The number of piperidine rings is 1. The van der Waals surface area contributed by atoms with Crippen LogP contribution < -0.4 is 5.69 Å². The van der Waals surface area contributed by atoms with Gasteiger partial charge < -0.3 is 4.90 Å². The second kappa shape index (κ2) is 7.43. The molecule has 0 atom stereocenters. The van der Waals surface area contributed by atoms with Gasteiger partial charge in [-0.25, -0.2) is 13.9 Å². The van der Waals surface area contributed by atoms with Crippen LogP contribution in [0.1, 0.15) is 50.0 Å². The van der Waals surface area contributed by atoms with Gasteiger partial charge in [-0.3, -0.25) is 9.36 Å². The fourth-order valence-electron chi connectivity index (χ4n) is 3.57. The molecule has 0 bridgehead atoms. The molecule has 0 spiro atoms. The average Bonchev–Trinajstić information content (AvgIpc) is 2.92. The van der Waals surface area contributed by atoms with E-state index in [2.05, 4.69) is 5.10 Å². The van der Waals surface area contributed by atoms with Crippen molar-refractivity contribution in [1.82, 2.24) is 19.2 Å². The van der Waals surface area contributed by atoms with Crippen LogP contribution in [0.25, 0.3) is 0 Å². The van der Waals surface area contributed by atoms with Crippen molar-refractivity contribution in [3.05, 3.63) is 52.0 Å². The number of hydrogen-bond acceptors (Lipinski definition) is 3. The van der Waals surface area contributed by atoms with Gasteiger partial charge in [0.05, 0.1) is 6.42 Å². The van der Waals surface area contributed by atoms with Gasteiger partial charge >= 0.3 is 5.69 Å². The van der Waals surface area contributed by atoms with Crippen LogP contribution in [0.15, 0.2) is 29.1 Å². The lowest BCUT2D eigenvalue weighted by molar-refractivity contribution is -0.131. The highest BCUT2D eigenvalue weighted by Gasteiger charge is 2.29. The van der Waals surface area contributed by atoms with E-state index in [4.69, 9.17) is 0 Å². The minimum atomic E-state index is -0.342. The van der Waals surface area contributed by atoms with Gasteiger partial charge in [-0.05, 0) is 38.3 Å². The van der Waals surface area contributed by atoms with Gasteiger partial charge in [-0.2, -0.15) is 5.10 Å². The van der Waals surface area contributed by atoms with Crippen molar-refractivity contribution >= 4 is 5.91 Å². The highest BCUT2D eigenvalue weighted by molar-refractivity contribution is 5.78. The maximum Gasteiger partial charge on any atom is 0.345 e. The highest BCUT2D eigenvalue weighted by atomic mass is 19.1. The molecule has 7 heteroatoms. The number of likely N-dealkylation sites (tertiary alicyclic amines) is 1. The summed E-state index contributed by atoms with van der Waals surface area (Å²) in [7, 11) is 1.66. The predicted molar refractivity (Wildman–Crippen MR) is 96.5 cm³/mol. The Hall–Kier alpha value is -2.44. The Labute approximate surface area is 152 Å². The molecule has 2 aromatic rings. The Morgan fingerprint density at radius 3 is 2.54 bits per heavy atom. The van der Waals surface area contributed by atoms with Crippen molar-refractivity contribution in [2.75, 3.05) is 13.1 Å². The fraction of sp³-hybridized carbons (Fsp3) is 0.526. The Balaban J connectivity index is 1.66. The van der Waals surface area contributed by atoms with E-state index in [0.717, 1.165) is 18.7 Å². The van der Waals surface area contributed by atoms with E-state index in [1.807, 2.05) is 13.8 Å². The summed E-state index contributed by atoms with van der Waals surface area (Å²) < 4.78 is 16.9. The molecule has 1 amide bonds. The number of amides is 1. The molecule has 140 valence electrons. The standard InChI is InChI=1S/C19H25FN4O2/c1-13(2)24-18(21-22(3)19(24)26)14-8-10-23(11-9-14)17(25)12-15-6-4-5-7-16(15)20/h4-7,13-14H,8-12H2,1-3H3. The van der Waals surface area contributed by atoms with E-state index in [1.165, 1.54) is 10.7 Å². The molecule has 3 rings (SSSR count). The molecule has 0 unspecified atom stereocenters. The predicted octanol–water partition coefficient (Wildman–Crippen LogP) is 2.25. The minimum absolute atomic E-state index is 0.0481. The lowest BCUT2D eigenvalue weighted by atomic mass is 9.95. The molecule has 0 aliphatic carbocycles. The first-order chi connectivity index (χ1) is 12.4. The lowest BCUT2D eigenvalue weighted by Gasteiger charge is -2.32. The van der Waals surface area contributed by atoms with Crippen molar-refractivity contribution in [1.29, 1.82) is 0 Å². The summed E-state index contributed by atoms with van der Waals surface area (Å²) >= 11 is 0. The summed E-state index contributed by atoms with van der Waals surface area (Å²) in [5.41, 5.74) is 0.325. The van der Waals surface area contributed by atoms with Crippen molar-refractivity contribution in [2.45, 2.75) is 45.1 Å². The molecule has 1 fully saturated rings. The zero-order valence-corrected chi connectivity index (χ0v) is 15.5. The third-order valence-electron chi connectivity index (χ3n) is 5.01. The Kier molecular flexibility index (Phi) is 5.25. The molecule has 26 heavy (non-hydrogen) atoms. The van der Waals surface area contributed by atoms with Crippen LogP contribution in [0.4, 0.5) is 4.39 Å². The summed E-state index contributed by atoms with van der Waals surface area (Å²) in [5.74, 6) is 0.554. The topological polar surface area (TPSA) is 60.1 Å². The number of halogens is 1. The van der Waals surface area contributed by atoms with E-state index in [9.17, 15) is 14.0 Å². The quantitative estimate of drug-likeness (QED) is 0.840. The van der Waals surface area contributed by atoms with Gasteiger partial charge in [-0.1, -0.05) is 18.2 Å². The van der Waals surface area contributed by atoms with E-state index >= 15 is 0 Å². The van der Waals surface area contributed by atoms with Gasteiger partial charge in [0.15, 0.2) is 0 Å². The average molecular weight is 360 g/mol. The van der Waals surface area contributed by atoms with E-state index < -0.39 is 0 Å². The number of carbonyl (C=O) groups excluding carboxylic acids is 1. The Morgan fingerprint density at radius 2 is 1.92 bits per heavy atom. The first-order valence-corrected chi connectivity index (χ1v) is 9.05. The van der Waals surface area contributed by atoms with Crippen molar-refractivity contribution in [3.8, 4) is 0 Å². The van der Waals surface area contributed by atoms with E-state index in [0.29, 0.717) is 18.7 Å². The molecule has 1 saturated heterocycles.